The maximum Gasteiger partial charge on any atom is 0.308 e. The summed E-state index contributed by atoms with van der Waals surface area (Å²) in [4.78, 5) is 16.4. The number of halogens is 1. The molecule has 0 radical (unpaired) electrons. The van der Waals surface area contributed by atoms with Crippen molar-refractivity contribution in [1.82, 2.24) is 4.98 Å². The SMILES string of the molecule is CCOC(=O)C(C)CCCCOc1cc(-c2cccc(Cl)c2)cc(-c2ccccc2)n1. The van der Waals surface area contributed by atoms with E-state index in [4.69, 9.17) is 26.1 Å². The normalized spacial score (nSPS) is 11.7. The van der Waals surface area contributed by atoms with Gasteiger partial charge in [-0.15, -0.1) is 0 Å². The van der Waals surface area contributed by atoms with Gasteiger partial charge < -0.3 is 9.47 Å². The average Bonchev–Trinajstić information content (AvgIpc) is 2.79. The zero-order valence-corrected chi connectivity index (χ0v) is 18.8. The van der Waals surface area contributed by atoms with E-state index in [1.54, 1.807) is 0 Å². The van der Waals surface area contributed by atoms with Crippen LogP contribution in [0.5, 0.6) is 5.88 Å². The van der Waals surface area contributed by atoms with E-state index in [9.17, 15) is 4.79 Å². The van der Waals surface area contributed by atoms with Crippen LogP contribution in [0.2, 0.25) is 5.02 Å². The standard InChI is InChI=1S/C26H28ClNO3/c1-3-30-26(29)19(2)10-7-8-15-31-25-18-22(21-13-9-14-23(27)16-21)17-24(28-25)20-11-5-4-6-12-20/h4-6,9,11-14,16-19H,3,7-8,10,15H2,1-2H3. The minimum atomic E-state index is -0.133. The first kappa shape index (κ1) is 22.8. The van der Waals surface area contributed by atoms with Crippen molar-refractivity contribution in [3.8, 4) is 28.3 Å². The molecule has 0 aliphatic heterocycles. The van der Waals surface area contributed by atoms with Gasteiger partial charge in [-0.1, -0.05) is 61.0 Å². The van der Waals surface area contributed by atoms with Gasteiger partial charge in [0.25, 0.3) is 0 Å². The van der Waals surface area contributed by atoms with E-state index in [2.05, 4.69) is 6.07 Å². The number of aromatic nitrogens is 1. The molecule has 0 fully saturated rings. The summed E-state index contributed by atoms with van der Waals surface area (Å²) in [6.45, 7) is 4.69. The van der Waals surface area contributed by atoms with Gasteiger partial charge in [0.1, 0.15) is 0 Å². The van der Waals surface area contributed by atoms with E-state index < -0.39 is 0 Å². The maximum absolute atomic E-state index is 11.7. The molecule has 0 spiro atoms. The number of carbonyl (C=O) groups is 1. The fraction of sp³-hybridized carbons (Fsp3) is 0.308. The van der Waals surface area contributed by atoms with Gasteiger partial charge in [0.15, 0.2) is 0 Å². The van der Waals surface area contributed by atoms with Crippen LogP contribution in [0.3, 0.4) is 0 Å². The van der Waals surface area contributed by atoms with Crippen molar-refractivity contribution in [3.05, 3.63) is 71.8 Å². The Bertz CT molecular complexity index is 991. The molecule has 0 N–H and O–H groups in total. The molecule has 0 amide bonds. The van der Waals surface area contributed by atoms with Crippen LogP contribution in [0.4, 0.5) is 0 Å². The summed E-state index contributed by atoms with van der Waals surface area (Å²) in [5.74, 6) is 0.357. The third kappa shape index (κ3) is 6.83. The number of nitrogens with zero attached hydrogens (tertiary/aromatic N) is 1. The van der Waals surface area contributed by atoms with Crippen molar-refractivity contribution in [1.29, 1.82) is 0 Å². The van der Waals surface area contributed by atoms with Gasteiger partial charge in [-0.05, 0) is 55.5 Å². The molecule has 1 aromatic heterocycles. The molecular formula is C26H28ClNO3. The second-order valence-electron chi connectivity index (χ2n) is 7.45. The Labute approximate surface area is 189 Å². The Morgan fingerprint density at radius 3 is 2.48 bits per heavy atom. The lowest BCUT2D eigenvalue weighted by Gasteiger charge is -2.12. The summed E-state index contributed by atoms with van der Waals surface area (Å²) in [5.41, 5.74) is 3.89. The summed E-state index contributed by atoms with van der Waals surface area (Å²) in [5, 5.41) is 0.689. The summed E-state index contributed by atoms with van der Waals surface area (Å²) in [6.07, 6.45) is 2.51. The molecule has 1 atom stereocenters. The lowest BCUT2D eigenvalue weighted by atomic mass is 10.0. The minimum absolute atomic E-state index is 0.0890. The molecule has 0 aliphatic carbocycles. The number of hydrogen-bond donors (Lipinski definition) is 0. The zero-order chi connectivity index (χ0) is 22.1. The molecule has 1 unspecified atom stereocenters. The van der Waals surface area contributed by atoms with Crippen molar-refractivity contribution < 1.29 is 14.3 Å². The van der Waals surface area contributed by atoms with Gasteiger partial charge in [-0.3, -0.25) is 4.79 Å². The largest absolute Gasteiger partial charge is 0.478 e. The number of rotatable bonds is 10. The molecule has 162 valence electrons. The zero-order valence-electron chi connectivity index (χ0n) is 18.0. The molecule has 31 heavy (non-hydrogen) atoms. The first-order valence-corrected chi connectivity index (χ1v) is 11.1. The fourth-order valence-corrected chi connectivity index (χ4v) is 3.49. The number of esters is 1. The molecule has 0 saturated heterocycles. The smallest absolute Gasteiger partial charge is 0.308 e. The van der Waals surface area contributed by atoms with E-state index in [0.717, 1.165) is 41.6 Å². The van der Waals surface area contributed by atoms with Crippen LogP contribution >= 0.6 is 11.6 Å². The number of hydrogen-bond acceptors (Lipinski definition) is 4. The second kappa shape index (κ2) is 11.5. The third-order valence-corrected chi connectivity index (χ3v) is 5.23. The van der Waals surface area contributed by atoms with Crippen LogP contribution in [0, 0.1) is 5.92 Å². The number of pyridine rings is 1. The quantitative estimate of drug-likeness (QED) is 0.258. The molecule has 0 saturated carbocycles. The average molecular weight is 438 g/mol. The molecule has 0 bridgehead atoms. The van der Waals surface area contributed by atoms with Crippen molar-refractivity contribution in [2.75, 3.05) is 13.2 Å². The van der Waals surface area contributed by atoms with Gasteiger partial charge >= 0.3 is 5.97 Å². The van der Waals surface area contributed by atoms with Crippen LogP contribution in [0.15, 0.2) is 66.7 Å². The molecule has 1 heterocycles. The van der Waals surface area contributed by atoms with Crippen LogP contribution < -0.4 is 4.74 Å². The predicted octanol–water partition coefficient (Wildman–Crippen LogP) is 6.82. The summed E-state index contributed by atoms with van der Waals surface area (Å²) in [6, 6.07) is 21.8. The molecular weight excluding hydrogens is 410 g/mol. The van der Waals surface area contributed by atoms with E-state index in [1.807, 2.05) is 74.5 Å². The first-order chi connectivity index (χ1) is 15.1. The van der Waals surface area contributed by atoms with Crippen molar-refractivity contribution in [2.45, 2.75) is 33.1 Å². The molecule has 3 aromatic rings. The van der Waals surface area contributed by atoms with E-state index in [1.165, 1.54) is 0 Å². The van der Waals surface area contributed by atoms with Crippen molar-refractivity contribution in [2.24, 2.45) is 5.92 Å². The lowest BCUT2D eigenvalue weighted by Crippen LogP contribution is -2.14. The van der Waals surface area contributed by atoms with Crippen LogP contribution in [0.25, 0.3) is 22.4 Å². The monoisotopic (exact) mass is 437 g/mol. The second-order valence-corrected chi connectivity index (χ2v) is 7.89. The van der Waals surface area contributed by atoms with E-state index in [-0.39, 0.29) is 11.9 Å². The Hall–Kier alpha value is -2.85. The molecule has 4 nitrogen and oxygen atoms in total. The molecule has 3 rings (SSSR count). The van der Waals surface area contributed by atoms with Gasteiger partial charge in [0.2, 0.25) is 5.88 Å². The molecule has 2 aromatic carbocycles. The van der Waals surface area contributed by atoms with Gasteiger partial charge in [-0.2, -0.15) is 0 Å². The molecule has 0 aliphatic rings. The summed E-state index contributed by atoms with van der Waals surface area (Å²) in [7, 11) is 0. The highest BCUT2D eigenvalue weighted by Gasteiger charge is 2.13. The summed E-state index contributed by atoms with van der Waals surface area (Å²) >= 11 is 6.20. The van der Waals surface area contributed by atoms with Gasteiger partial charge in [0.05, 0.1) is 24.8 Å². The topological polar surface area (TPSA) is 48.4 Å². The Kier molecular flexibility index (Phi) is 8.48. The highest BCUT2D eigenvalue weighted by atomic mass is 35.5. The number of unbranched alkanes of at least 4 members (excludes halogenated alkanes) is 1. The highest BCUT2D eigenvalue weighted by molar-refractivity contribution is 6.30. The highest BCUT2D eigenvalue weighted by Crippen LogP contribution is 2.30. The van der Waals surface area contributed by atoms with Crippen molar-refractivity contribution >= 4 is 17.6 Å². The minimum Gasteiger partial charge on any atom is -0.478 e. The lowest BCUT2D eigenvalue weighted by molar-refractivity contribution is -0.147. The van der Waals surface area contributed by atoms with Crippen LogP contribution in [0.1, 0.15) is 33.1 Å². The Morgan fingerprint density at radius 2 is 1.74 bits per heavy atom. The van der Waals surface area contributed by atoms with E-state index >= 15 is 0 Å². The molecule has 5 heteroatoms. The van der Waals surface area contributed by atoms with Crippen LogP contribution in [-0.4, -0.2) is 24.2 Å². The Morgan fingerprint density at radius 1 is 0.968 bits per heavy atom. The number of ether oxygens (including phenoxy) is 2. The number of carbonyl (C=O) groups excluding carboxylic acids is 1. The Balaban J connectivity index is 1.69. The van der Waals surface area contributed by atoms with Gasteiger partial charge in [-0.25, -0.2) is 4.98 Å². The fourth-order valence-electron chi connectivity index (χ4n) is 3.30. The number of benzene rings is 2. The summed E-state index contributed by atoms with van der Waals surface area (Å²) < 4.78 is 11.0. The predicted molar refractivity (Wildman–Crippen MR) is 125 cm³/mol. The van der Waals surface area contributed by atoms with E-state index in [0.29, 0.717) is 24.1 Å². The van der Waals surface area contributed by atoms with Crippen LogP contribution in [-0.2, 0) is 9.53 Å². The third-order valence-electron chi connectivity index (χ3n) is 5.00. The first-order valence-electron chi connectivity index (χ1n) is 10.7. The maximum atomic E-state index is 11.7. The van der Waals surface area contributed by atoms with Crippen molar-refractivity contribution in [3.63, 3.8) is 0 Å². The van der Waals surface area contributed by atoms with Gasteiger partial charge in [0, 0.05) is 16.7 Å².